The van der Waals surface area contributed by atoms with E-state index in [2.05, 4.69) is 5.32 Å². The highest BCUT2D eigenvalue weighted by Crippen LogP contribution is 2.21. The second-order valence-electron chi connectivity index (χ2n) is 4.98. The molecular formula is C13H23NO4S. The molecule has 5 nitrogen and oxygen atoms in total. The molecule has 1 N–H and O–H groups in total. The van der Waals surface area contributed by atoms with E-state index in [-0.39, 0.29) is 35.8 Å². The Morgan fingerprint density at radius 1 is 1.21 bits per heavy atom. The first-order valence-corrected chi connectivity index (χ1v) is 7.44. The van der Waals surface area contributed by atoms with Crippen molar-refractivity contribution in [3.05, 3.63) is 0 Å². The summed E-state index contributed by atoms with van der Waals surface area (Å²) in [5.41, 5.74) is -1.16. The van der Waals surface area contributed by atoms with Crippen molar-refractivity contribution in [2.45, 2.75) is 40.7 Å². The molecule has 6 heteroatoms. The number of thioether (sulfide) groups is 1. The van der Waals surface area contributed by atoms with Gasteiger partial charge >= 0.3 is 5.97 Å². The quantitative estimate of drug-likeness (QED) is 0.540. The second-order valence-corrected chi connectivity index (χ2v) is 5.97. The van der Waals surface area contributed by atoms with Gasteiger partial charge in [0.25, 0.3) is 0 Å². The van der Waals surface area contributed by atoms with Crippen LogP contribution in [-0.4, -0.2) is 41.8 Å². The zero-order valence-electron chi connectivity index (χ0n) is 12.2. The summed E-state index contributed by atoms with van der Waals surface area (Å²) in [6.45, 7) is 8.78. The number of amides is 1. The molecule has 110 valence electrons. The van der Waals surface area contributed by atoms with Gasteiger partial charge in [0.05, 0.1) is 18.1 Å². The Kier molecular flexibility index (Phi) is 7.75. The molecule has 1 amide bonds. The van der Waals surface area contributed by atoms with Gasteiger partial charge in [0.2, 0.25) is 5.91 Å². The summed E-state index contributed by atoms with van der Waals surface area (Å²) in [5.74, 6) is -0.526. The first-order valence-electron chi connectivity index (χ1n) is 6.29. The van der Waals surface area contributed by atoms with Gasteiger partial charge in [-0.1, -0.05) is 0 Å². The van der Waals surface area contributed by atoms with Crippen molar-refractivity contribution in [1.82, 2.24) is 5.32 Å². The minimum Gasteiger partial charge on any atom is -0.465 e. The lowest BCUT2D eigenvalue weighted by molar-refractivity contribution is -0.157. The van der Waals surface area contributed by atoms with E-state index in [0.717, 1.165) is 0 Å². The van der Waals surface area contributed by atoms with Gasteiger partial charge < -0.3 is 10.1 Å². The molecule has 0 aliphatic carbocycles. The topological polar surface area (TPSA) is 72.5 Å². The van der Waals surface area contributed by atoms with Crippen LogP contribution in [0.1, 0.15) is 34.6 Å². The van der Waals surface area contributed by atoms with Gasteiger partial charge in [-0.2, -0.15) is 0 Å². The van der Waals surface area contributed by atoms with E-state index in [1.54, 1.807) is 20.8 Å². The molecular weight excluding hydrogens is 266 g/mol. The Labute approximate surface area is 118 Å². The normalized spacial score (nSPS) is 11.3. The van der Waals surface area contributed by atoms with Crippen molar-refractivity contribution >= 4 is 29.4 Å². The summed E-state index contributed by atoms with van der Waals surface area (Å²) in [6.07, 6.45) is 0. The number of Topliss-reactive ketones (excluding diaryl/α,β-unsaturated/α-hetero) is 1. The third-order valence-electron chi connectivity index (χ3n) is 2.40. The van der Waals surface area contributed by atoms with Crippen LogP contribution in [0.25, 0.3) is 0 Å². The molecule has 0 atom stereocenters. The summed E-state index contributed by atoms with van der Waals surface area (Å²) in [5, 5.41) is 2.74. The number of ether oxygens (including phenoxy) is 1. The van der Waals surface area contributed by atoms with Gasteiger partial charge in [-0.05, 0) is 34.6 Å². The van der Waals surface area contributed by atoms with Crippen molar-refractivity contribution < 1.29 is 19.1 Å². The highest BCUT2D eigenvalue weighted by molar-refractivity contribution is 8.00. The lowest BCUT2D eigenvalue weighted by Crippen LogP contribution is -2.37. The number of nitrogens with one attached hydrogen (secondary N) is 1. The molecule has 0 heterocycles. The zero-order valence-corrected chi connectivity index (χ0v) is 13.1. The van der Waals surface area contributed by atoms with Crippen LogP contribution in [0.15, 0.2) is 0 Å². The Morgan fingerprint density at radius 2 is 1.79 bits per heavy atom. The maximum Gasteiger partial charge on any atom is 0.319 e. The van der Waals surface area contributed by atoms with Crippen molar-refractivity contribution in [2.24, 2.45) is 5.41 Å². The number of esters is 1. The van der Waals surface area contributed by atoms with Gasteiger partial charge in [0, 0.05) is 6.04 Å². The van der Waals surface area contributed by atoms with E-state index < -0.39 is 11.4 Å². The monoisotopic (exact) mass is 289 g/mol. The van der Waals surface area contributed by atoms with Crippen molar-refractivity contribution in [2.75, 3.05) is 18.1 Å². The molecule has 0 fully saturated rings. The van der Waals surface area contributed by atoms with Gasteiger partial charge in [0.1, 0.15) is 5.41 Å². The maximum atomic E-state index is 11.9. The van der Waals surface area contributed by atoms with Crippen LogP contribution < -0.4 is 5.32 Å². The molecule has 0 unspecified atom stereocenters. The Balaban J connectivity index is 4.17. The Morgan fingerprint density at radius 3 is 2.26 bits per heavy atom. The van der Waals surface area contributed by atoms with E-state index >= 15 is 0 Å². The van der Waals surface area contributed by atoms with Crippen LogP contribution in [0.5, 0.6) is 0 Å². The fourth-order valence-corrected chi connectivity index (χ4v) is 2.12. The zero-order chi connectivity index (χ0) is 15.1. The highest BCUT2D eigenvalue weighted by Gasteiger charge is 2.36. The van der Waals surface area contributed by atoms with Gasteiger partial charge in [-0.3, -0.25) is 14.4 Å². The highest BCUT2D eigenvalue weighted by atomic mass is 32.2. The van der Waals surface area contributed by atoms with E-state index in [0.29, 0.717) is 0 Å². The first kappa shape index (κ1) is 18.0. The van der Waals surface area contributed by atoms with Crippen LogP contribution in [-0.2, 0) is 19.1 Å². The molecule has 0 saturated heterocycles. The maximum absolute atomic E-state index is 11.9. The molecule has 0 saturated carbocycles. The number of carbonyl (C=O) groups excluding carboxylic acids is 3. The van der Waals surface area contributed by atoms with Crippen LogP contribution in [0.3, 0.4) is 0 Å². The summed E-state index contributed by atoms with van der Waals surface area (Å²) in [7, 11) is 0. The average molecular weight is 289 g/mol. The second kappa shape index (κ2) is 8.19. The third kappa shape index (κ3) is 6.61. The van der Waals surface area contributed by atoms with Crippen LogP contribution in [0, 0.1) is 5.41 Å². The van der Waals surface area contributed by atoms with Crippen LogP contribution in [0.4, 0.5) is 0 Å². The average Bonchev–Trinajstić information content (AvgIpc) is 2.27. The number of hydrogen-bond donors (Lipinski definition) is 1. The predicted molar refractivity (Wildman–Crippen MR) is 76.0 cm³/mol. The van der Waals surface area contributed by atoms with Crippen molar-refractivity contribution in [3.63, 3.8) is 0 Å². The number of ketones is 1. The van der Waals surface area contributed by atoms with Gasteiger partial charge in [-0.25, -0.2) is 0 Å². The van der Waals surface area contributed by atoms with Gasteiger partial charge in [-0.15, -0.1) is 11.8 Å². The lowest BCUT2D eigenvalue weighted by atomic mass is 9.89. The summed E-state index contributed by atoms with van der Waals surface area (Å²) >= 11 is 1.20. The van der Waals surface area contributed by atoms with Crippen molar-refractivity contribution in [1.29, 1.82) is 0 Å². The standard InChI is InChI=1S/C13H23NO4S/c1-6-18-12(17)13(4,5)10(15)7-19-8-11(16)14-9(2)3/h9H,6-8H2,1-5H3,(H,14,16). The fraction of sp³-hybridized carbons (Fsp3) is 0.769. The molecule has 0 aromatic carbocycles. The number of rotatable bonds is 8. The van der Waals surface area contributed by atoms with Crippen molar-refractivity contribution in [3.8, 4) is 0 Å². The molecule has 0 spiro atoms. The van der Waals surface area contributed by atoms with E-state index in [1.807, 2.05) is 13.8 Å². The summed E-state index contributed by atoms with van der Waals surface area (Å²) < 4.78 is 4.86. The predicted octanol–water partition coefficient (Wildman–Crippen LogP) is 1.40. The SMILES string of the molecule is CCOC(=O)C(C)(C)C(=O)CSCC(=O)NC(C)C. The van der Waals surface area contributed by atoms with E-state index in [9.17, 15) is 14.4 Å². The lowest BCUT2D eigenvalue weighted by Gasteiger charge is -2.20. The molecule has 0 aromatic rings. The third-order valence-corrected chi connectivity index (χ3v) is 3.33. The Hall–Kier alpha value is -1.04. The largest absolute Gasteiger partial charge is 0.465 e. The molecule has 0 rings (SSSR count). The van der Waals surface area contributed by atoms with Gasteiger partial charge in [0.15, 0.2) is 5.78 Å². The van der Waals surface area contributed by atoms with Crippen LogP contribution >= 0.6 is 11.8 Å². The first-order chi connectivity index (χ1) is 8.71. The number of carbonyl (C=O) groups is 3. The summed E-state index contributed by atoms with van der Waals surface area (Å²) in [4.78, 5) is 34.9. The Bertz CT molecular complexity index is 340. The minimum absolute atomic E-state index is 0.0831. The molecule has 0 aliphatic heterocycles. The number of hydrogen-bond acceptors (Lipinski definition) is 5. The molecule has 19 heavy (non-hydrogen) atoms. The fourth-order valence-electron chi connectivity index (χ4n) is 1.21. The molecule has 0 aliphatic rings. The minimum atomic E-state index is -1.16. The van der Waals surface area contributed by atoms with E-state index in [4.69, 9.17) is 4.74 Å². The molecule has 0 radical (unpaired) electrons. The van der Waals surface area contributed by atoms with Crippen LogP contribution in [0.2, 0.25) is 0 Å². The molecule has 0 bridgehead atoms. The summed E-state index contributed by atoms with van der Waals surface area (Å²) in [6, 6.07) is 0.0831. The molecule has 0 aromatic heterocycles. The smallest absolute Gasteiger partial charge is 0.319 e. The van der Waals surface area contributed by atoms with E-state index in [1.165, 1.54) is 11.8 Å².